The second-order valence-corrected chi connectivity index (χ2v) is 5.28. The van der Waals surface area contributed by atoms with Crippen LogP contribution in [0.2, 0.25) is 0 Å². The van der Waals surface area contributed by atoms with Crippen molar-refractivity contribution in [1.82, 2.24) is 10.3 Å². The molecule has 0 spiro atoms. The first-order valence-corrected chi connectivity index (χ1v) is 7.23. The zero-order valence-electron chi connectivity index (χ0n) is 13.1. The third kappa shape index (κ3) is 3.84. The first-order valence-electron chi connectivity index (χ1n) is 7.23. The molecular weight excluding hydrogens is 299 g/mol. The highest BCUT2D eigenvalue weighted by molar-refractivity contribution is 5.86. The topological polar surface area (TPSA) is 71.2 Å². The van der Waals surface area contributed by atoms with E-state index < -0.39 is 17.3 Å². The molecule has 6 heteroatoms. The number of hydrogen-bond donors (Lipinski definition) is 2. The molecule has 1 aromatic carbocycles. The van der Waals surface area contributed by atoms with E-state index in [1.54, 1.807) is 24.4 Å². The zero-order valence-corrected chi connectivity index (χ0v) is 13.1. The van der Waals surface area contributed by atoms with Gasteiger partial charge in [0, 0.05) is 31.5 Å². The van der Waals surface area contributed by atoms with E-state index in [0.29, 0.717) is 13.0 Å². The molecule has 0 bridgehead atoms. The largest absolute Gasteiger partial charge is 0.364 e. The van der Waals surface area contributed by atoms with E-state index in [1.165, 1.54) is 32.2 Å². The van der Waals surface area contributed by atoms with Crippen LogP contribution in [0.4, 0.5) is 4.39 Å². The average molecular weight is 318 g/mol. The smallest absolute Gasteiger partial charge is 0.256 e. The van der Waals surface area contributed by atoms with Gasteiger partial charge in [-0.2, -0.15) is 0 Å². The summed E-state index contributed by atoms with van der Waals surface area (Å²) in [6.07, 6.45) is 2.14. The summed E-state index contributed by atoms with van der Waals surface area (Å²) in [5, 5.41) is 2.74. The Balaban J connectivity index is 2.04. The number of benzene rings is 1. The van der Waals surface area contributed by atoms with E-state index in [4.69, 9.17) is 4.74 Å². The van der Waals surface area contributed by atoms with Crippen molar-refractivity contribution < 1.29 is 13.9 Å². The number of hydrogen-bond acceptors (Lipinski definition) is 3. The van der Waals surface area contributed by atoms with Gasteiger partial charge >= 0.3 is 0 Å². The van der Waals surface area contributed by atoms with Gasteiger partial charge in [-0.25, -0.2) is 4.39 Å². The third-order valence-corrected chi connectivity index (χ3v) is 3.78. The highest BCUT2D eigenvalue weighted by Crippen LogP contribution is 2.27. The second-order valence-electron chi connectivity index (χ2n) is 5.28. The standard InChI is InChI=1S/C17H19FN2O3/c1-17(23-2,13-5-3-4-6-14(13)18)16(22)19-10-9-12-7-8-15(21)20-11-12/h3-8,11H,9-10H2,1-2H3,(H,19,22)(H,20,21). The number of carbonyl (C=O) groups excluding carboxylic acids is 1. The molecule has 2 aromatic rings. The lowest BCUT2D eigenvalue weighted by molar-refractivity contribution is -0.142. The Labute approximate surface area is 133 Å². The van der Waals surface area contributed by atoms with Gasteiger partial charge in [-0.15, -0.1) is 0 Å². The van der Waals surface area contributed by atoms with Crippen LogP contribution in [-0.2, 0) is 21.6 Å². The average Bonchev–Trinajstić information content (AvgIpc) is 2.56. The predicted octanol–water partition coefficient (Wildman–Crippen LogP) is 1.73. The first-order chi connectivity index (χ1) is 11.0. The monoisotopic (exact) mass is 318 g/mol. The van der Waals surface area contributed by atoms with Gasteiger partial charge in [-0.1, -0.05) is 24.3 Å². The quantitative estimate of drug-likeness (QED) is 0.852. The van der Waals surface area contributed by atoms with Crippen LogP contribution in [0.25, 0.3) is 0 Å². The molecule has 0 aliphatic rings. The minimum Gasteiger partial charge on any atom is -0.364 e. The first kappa shape index (κ1) is 16.9. The van der Waals surface area contributed by atoms with Crippen LogP contribution in [0.1, 0.15) is 18.1 Å². The van der Waals surface area contributed by atoms with Crippen molar-refractivity contribution in [3.05, 3.63) is 69.9 Å². The van der Waals surface area contributed by atoms with Crippen LogP contribution in [-0.4, -0.2) is 24.5 Å². The summed E-state index contributed by atoms with van der Waals surface area (Å²) in [7, 11) is 1.37. The number of pyridine rings is 1. The van der Waals surface area contributed by atoms with Gasteiger partial charge in [0.05, 0.1) is 0 Å². The lowest BCUT2D eigenvalue weighted by Crippen LogP contribution is -2.44. The van der Waals surface area contributed by atoms with E-state index >= 15 is 0 Å². The maximum atomic E-state index is 14.0. The van der Waals surface area contributed by atoms with Crippen LogP contribution < -0.4 is 10.9 Å². The second kappa shape index (κ2) is 7.19. The van der Waals surface area contributed by atoms with Crippen LogP contribution in [0.5, 0.6) is 0 Å². The Morgan fingerprint density at radius 2 is 2.04 bits per heavy atom. The molecule has 1 atom stereocenters. The summed E-state index contributed by atoms with van der Waals surface area (Å²) in [6.45, 7) is 1.87. The molecule has 0 aliphatic carbocycles. The van der Waals surface area contributed by atoms with E-state index in [-0.39, 0.29) is 11.1 Å². The van der Waals surface area contributed by atoms with Gasteiger partial charge in [0.2, 0.25) is 5.56 Å². The molecule has 122 valence electrons. The van der Waals surface area contributed by atoms with Gasteiger partial charge in [0.15, 0.2) is 5.60 Å². The summed E-state index contributed by atoms with van der Waals surface area (Å²) in [5.41, 5.74) is -0.515. The fourth-order valence-corrected chi connectivity index (χ4v) is 2.26. The minimum absolute atomic E-state index is 0.177. The molecule has 2 rings (SSSR count). The summed E-state index contributed by atoms with van der Waals surface area (Å²) < 4.78 is 19.2. The Hall–Kier alpha value is -2.47. The van der Waals surface area contributed by atoms with Crippen molar-refractivity contribution in [2.45, 2.75) is 18.9 Å². The number of H-pyrrole nitrogens is 1. The summed E-state index contributed by atoms with van der Waals surface area (Å²) >= 11 is 0. The molecule has 5 nitrogen and oxygen atoms in total. The minimum atomic E-state index is -1.41. The van der Waals surface area contributed by atoms with Gasteiger partial charge in [-0.05, 0) is 25.0 Å². The Bertz CT molecular complexity index is 724. The number of ether oxygens (including phenoxy) is 1. The van der Waals surface area contributed by atoms with E-state index in [0.717, 1.165) is 5.56 Å². The van der Waals surface area contributed by atoms with Crippen molar-refractivity contribution in [2.24, 2.45) is 0 Å². The van der Waals surface area contributed by atoms with Crippen molar-refractivity contribution >= 4 is 5.91 Å². The molecule has 1 unspecified atom stereocenters. The molecular formula is C17H19FN2O3. The number of amides is 1. The molecule has 0 saturated carbocycles. The number of nitrogens with one attached hydrogen (secondary N) is 2. The molecule has 2 N–H and O–H groups in total. The zero-order chi connectivity index (χ0) is 16.9. The van der Waals surface area contributed by atoms with E-state index in [2.05, 4.69) is 10.3 Å². The van der Waals surface area contributed by atoms with Gasteiger partial charge in [0.25, 0.3) is 5.91 Å². The van der Waals surface area contributed by atoms with Crippen LogP contribution >= 0.6 is 0 Å². The summed E-state index contributed by atoms with van der Waals surface area (Å²) in [4.78, 5) is 26.0. The highest BCUT2D eigenvalue weighted by atomic mass is 19.1. The number of rotatable bonds is 6. The predicted molar refractivity (Wildman–Crippen MR) is 84.5 cm³/mol. The molecule has 1 amide bonds. The molecule has 1 aromatic heterocycles. The molecule has 0 saturated heterocycles. The molecule has 1 heterocycles. The third-order valence-electron chi connectivity index (χ3n) is 3.78. The van der Waals surface area contributed by atoms with Crippen molar-refractivity contribution in [3.63, 3.8) is 0 Å². The van der Waals surface area contributed by atoms with Gasteiger partial charge < -0.3 is 15.0 Å². The van der Waals surface area contributed by atoms with Crippen molar-refractivity contribution in [3.8, 4) is 0 Å². The fraction of sp³-hybridized carbons (Fsp3) is 0.294. The molecule has 0 fully saturated rings. The van der Waals surface area contributed by atoms with Crippen LogP contribution in [0, 0.1) is 5.82 Å². The van der Waals surface area contributed by atoms with Crippen LogP contribution in [0.3, 0.4) is 0 Å². The fourth-order valence-electron chi connectivity index (χ4n) is 2.26. The number of halogens is 1. The lowest BCUT2D eigenvalue weighted by Gasteiger charge is -2.27. The van der Waals surface area contributed by atoms with Crippen molar-refractivity contribution in [1.29, 1.82) is 0 Å². The molecule has 23 heavy (non-hydrogen) atoms. The number of aromatic nitrogens is 1. The van der Waals surface area contributed by atoms with Crippen molar-refractivity contribution in [2.75, 3.05) is 13.7 Å². The summed E-state index contributed by atoms with van der Waals surface area (Å²) in [6, 6.07) is 9.15. The highest BCUT2D eigenvalue weighted by Gasteiger charge is 2.37. The van der Waals surface area contributed by atoms with Gasteiger partial charge in [0.1, 0.15) is 5.82 Å². The number of carbonyl (C=O) groups is 1. The molecule has 0 aliphatic heterocycles. The van der Waals surface area contributed by atoms with Gasteiger partial charge in [-0.3, -0.25) is 9.59 Å². The number of aromatic amines is 1. The SMILES string of the molecule is COC(C)(C(=O)NCCc1ccc(=O)[nH]c1)c1ccccc1F. The maximum absolute atomic E-state index is 14.0. The normalized spacial score (nSPS) is 13.3. The Morgan fingerprint density at radius 3 is 2.65 bits per heavy atom. The maximum Gasteiger partial charge on any atom is 0.256 e. The molecule has 0 radical (unpaired) electrons. The Kier molecular flexibility index (Phi) is 5.28. The van der Waals surface area contributed by atoms with E-state index in [9.17, 15) is 14.0 Å². The Morgan fingerprint density at radius 1 is 1.30 bits per heavy atom. The number of methoxy groups -OCH3 is 1. The van der Waals surface area contributed by atoms with E-state index in [1.807, 2.05) is 0 Å². The van der Waals surface area contributed by atoms with Crippen LogP contribution in [0.15, 0.2) is 47.4 Å². The lowest BCUT2D eigenvalue weighted by atomic mass is 9.94. The summed E-state index contributed by atoms with van der Waals surface area (Å²) in [5.74, 6) is -0.915.